The number of rotatable bonds is 3. The molecule has 1 unspecified atom stereocenters. The zero-order valence-corrected chi connectivity index (χ0v) is 11.5. The Morgan fingerprint density at radius 1 is 1.17 bits per heavy atom. The van der Waals surface area contributed by atoms with Crippen LogP contribution in [0.2, 0.25) is 5.02 Å². The fourth-order valence-corrected chi connectivity index (χ4v) is 2.30. The maximum Gasteiger partial charge on any atom is 0.142 e. The molecule has 2 aromatic rings. The number of hydrogen-bond donors (Lipinski definition) is 0. The molecule has 18 heavy (non-hydrogen) atoms. The van der Waals surface area contributed by atoms with E-state index in [0.29, 0.717) is 6.42 Å². The van der Waals surface area contributed by atoms with Gasteiger partial charge in [-0.2, -0.15) is 0 Å². The standard InChI is InChI=1S/C15H13Cl2F/c1-10-3-2-4-11(7-10)8-14(17)12-5-6-13(16)15(18)9-12/h2-7,9,14H,8H2,1H3. The van der Waals surface area contributed by atoms with Gasteiger partial charge in [0.25, 0.3) is 0 Å². The lowest BCUT2D eigenvalue weighted by molar-refractivity contribution is 0.625. The summed E-state index contributed by atoms with van der Waals surface area (Å²) in [5.74, 6) is -0.427. The van der Waals surface area contributed by atoms with Gasteiger partial charge in [0.05, 0.1) is 10.4 Å². The molecule has 0 aliphatic carbocycles. The molecular weight excluding hydrogens is 270 g/mol. The Morgan fingerprint density at radius 3 is 2.61 bits per heavy atom. The molecule has 0 radical (unpaired) electrons. The second-order valence-electron chi connectivity index (χ2n) is 4.33. The second kappa shape index (κ2) is 5.73. The van der Waals surface area contributed by atoms with Crippen molar-refractivity contribution < 1.29 is 4.39 Å². The van der Waals surface area contributed by atoms with Crippen LogP contribution in [0.1, 0.15) is 22.1 Å². The molecule has 0 aliphatic rings. The Kier molecular flexibility index (Phi) is 4.26. The van der Waals surface area contributed by atoms with Crippen LogP contribution in [-0.4, -0.2) is 0 Å². The molecular formula is C15H13Cl2F. The number of aryl methyl sites for hydroxylation is 1. The molecule has 0 amide bonds. The minimum Gasteiger partial charge on any atom is -0.205 e. The van der Waals surface area contributed by atoms with Crippen molar-refractivity contribution in [3.8, 4) is 0 Å². The highest BCUT2D eigenvalue weighted by atomic mass is 35.5. The molecule has 0 heterocycles. The average molecular weight is 283 g/mol. The van der Waals surface area contributed by atoms with E-state index in [9.17, 15) is 4.39 Å². The first-order chi connectivity index (χ1) is 8.56. The van der Waals surface area contributed by atoms with Crippen LogP contribution in [0.4, 0.5) is 4.39 Å². The fourth-order valence-electron chi connectivity index (χ4n) is 1.87. The van der Waals surface area contributed by atoms with Crippen molar-refractivity contribution in [3.63, 3.8) is 0 Å². The zero-order valence-electron chi connectivity index (χ0n) is 9.96. The summed E-state index contributed by atoms with van der Waals surface area (Å²) in [4.78, 5) is 0. The Morgan fingerprint density at radius 2 is 1.94 bits per heavy atom. The third-order valence-corrected chi connectivity index (χ3v) is 3.52. The van der Waals surface area contributed by atoms with Gasteiger partial charge in [-0.15, -0.1) is 11.6 Å². The van der Waals surface area contributed by atoms with Crippen molar-refractivity contribution in [3.05, 3.63) is 70.0 Å². The maximum atomic E-state index is 13.4. The van der Waals surface area contributed by atoms with Crippen LogP contribution in [0.3, 0.4) is 0 Å². The molecule has 0 fully saturated rings. The van der Waals surface area contributed by atoms with Crippen molar-refractivity contribution in [1.82, 2.24) is 0 Å². The largest absolute Gasteiger partial charge is 0.205 e. The summed E-state index contributed by atoms with van der Waals surface area (Å²) < 4.78 is 13.4. The van der Waals surface area contributed by atoms with Crippen molar-refractivity contribution in [2.75, 3.05) is 0 Å². The highest BCUT2D eigenvalue weighted by Crippen LogP contribution is 2.27. The van der Waals surface area contributed by atoms with Crippen LogP contribution in [0.25, 0.3) is 0 Å². The Balaban J connectivity index is 2.16. The first kappa shape index (κ1) is 13.4. The summed E-state index contributed by atoms with van der Waals surface area (Å²) in [5, 5.41) is -0.128. The van der Waals surface area contributed by atoms with Gasteiger partial charge in [-0.25, -0.2) is 4.39 Å². The SMILES string of the molecule is Cc1cccc(CC(Cl)c2ccc(Cl)c(F)c2)c1. The molecule has 0 spiro atoms. The van der Waals surface area contributed by atoms with E-state index in [1.807, 2.05) is 25.1 Å². The van der Waals surface area contributed by atoms with Crippen LogP contribution in [0.15, 0.2) is 42.5 Å². The molecule has 0 N–H and O–H groups in total. The summed E-state index contributed by atoms with van der Waals surface area (Å²) in [6, 6.07) is 12.8. The van der Waals surface area contributed by atoms with Gasteiger partial charge in [-0.1, -0.05) is 47.5 Å². The predicted octanol–water partition coefficient (Wildman–Crippen LogP) is 5.31. The van der Waals surface area contributed by atoms with E-state index < -0.39 is 5.82 Å². The van der Waals surface area contributed by atoms with E-state index in [4.69, 9.17) is 23.2 Å². The van der Waals surface area contributed by atoms with Crippen LogP contribution >= 0.6 is 23.2 Å². The average Bonchev–Trinajstić information content (AvgIpc) is 2.32. The Hall–Kier alpha value is -1.05. The fraction of sp³-hybridized carbons (Fsp3) is 0.200. The Labute approximate surface area is 116 Å². The van der Waals surface area contributed by atoms with Gasteiger partial charge < -0.3 is 0 Å². The molecule has 0 aromatic heterocycles. The van der Waals surface area contributed by atoms with Gasteiger partial charge in [0.1, 0.15) is 5.82 Å². The van der Waals surface area contributed by atoms with Gasteiger partial charge in [-0.05, 0) is 36.6 Å². The van der Waals surface area contributed by atoms with E-state index in [1.54, 1.807) is 6.07 Å². The van der Waals surface area contributed by atoms with Crippen LogP contribution in [0.5, 0.6) is 0 Å². The van der Waals surface area contributed by atoms with E-state index in [0.717, 1.165) is 11.1 Å². The van der Waals surface area contributed by atoms with Gasteiger partial charge >= 0.3 is 0 Å². The summed E-state index contributed by atoms with van der Waals surface area (Å²) in [7, 11) is 0. The lowest BCUT2D eigenvalue weighted by atomic mass is 10.0. The zero-order chi connectivity index (χ0) is 13.1. The molecule has 0 nitrogen and oxygen atoms in total. The quantitative estimate of drug-likeness (QED) is 0.669. The number of halogens is 3. The summed E-state index contributed by atoms with van der Waals surface area (Å²) in [5.41, 5.74) is 3.09. The van der Waals surface area contributed by atoms with Crippen LogP contribution in [0, 0.1) is 12.7 Å². The number of hydrogen-bond acceptors (Lipinski definition) is 0. The smallest absolute Gasteiger partial charge is 0.142 e. The lowest BCUT2D eigenvalue weighted by Crippen LogP contribution is -1.97. The van der Waals surface area contributed by atoms with Gasteiger partial charge in [0.2, 0.25) is 0 Å². The second-order valence-corrected chi connectivity index (χ2v) is 5.27. The number of alkyl halides is 1. The topological polar surface area (TPSA) is 0 Å². The first-order valence-corrected chi connectivity index (χ1v) is 6.52. The minimum absolute atomic E-state index is 0.123. The van der Waals surface area contributed by atoms with Crippen molar-refractivity contribution >= 4 is 23.2 Å². The summed E-state index contributed by atoms with van der Waals surface area (Å²) >= 11 is 12.0. The first-order valence-electron chi connectivity index (χ1n) is 5.71. The molecule has 0 bridgehead atoms. The number of benzene rings is 2. The van der Waals surface area contributed by atoms with E-state index in [-0.39, 0.29) is 10.4 Å². The highest BCUT2D eigenvalue weighted by Gasteiger charge is 2.11. The van der Waals surface area contributed by atoms with Gasteiger partial charge in [0.15, 0.2) is 0 Å². The molecule has 94 valence electrons. The molecule has 0 aliphatic heterocycles. The van der Waals surface area contributed by atoms with Crippen molar-refractivity contribution in [2.24, 2.45) is 0 Å². The van der Waals surface area contributed by atoms with E-state index >= 15 is 0 Å². The molecule has 2 aromatic carbocycles. The van der Waals surface area contributed by atoms with Crippen LogP contribution < -0.4 is 0 Å². The summed E-state index contributed by atoms with van der Waals surface area (Å²) in [6.07, 6.45) is 0.671. The Bertz CT molecular complexity index is 552. The van der Waals surface area contributed by atoms with Crippen LogP contribution in [-0.2, 0) is 6.42 Å². The van der Waals surface area contributed by atoms with Crippen molar-refractivity contribution in [1.29, 1.82) is 0 Å². The molecule has 2 rings (SSSR count). The van der Waals surface area contributed by atoms with E-state index in [2.05, 4.69) is 6.07 Å². The summed E-state index contributed by atoms with van der Waals surface area (Å²) in [6.45, 7) is 2.04. The lowest BCUT2D eigenvalue weighted by Gasteiger charge is -2.11. The normalized spacial score (nSPS) is 12.4. The van der Waals surface area contributed by atoms with Gasteiger partial charge in [-0.3, -0.25) is 0 Å². The van der Waals surface area contributed by atoms with E-state index in [1.165, 1.54) is 17.7 Å². The predicted molar refractivity (Wildman–Crippen MR) is 74.9 cm³/mol. The monoisotopic (exact) mass is 282 g/mol. The minimum atomic E-state index is -0.427. The molecule has 0 saturated heterocycles. The van der Waals surface area contributed by atoms with Gasteiger partial charge in [0, 0.05) is 0 Å². The molecule has 3 heteroatoms. The molecule has 0 saturated carbocycles. The third kappa shape index (κ3) is 3.24. The molecule has 1 atom stereocenters. The van der Waals surface area contributed by atoms with Crippen molar-refractivity contribution in [2.45, 2.75) is 18.7 Å². The maximum absolute atomic E-state index is 13.4. The highest BCUT2D eigenvalue weighted by molar-refractivity contribution is 6.30. The third-order valence-electron chi connectivity index (χ3n) is 2.80.